The summed E-state index contributed by atoms with van der Waals surface area (Å²) in [5.41, 5.74) is 2.32. The molecule has 0 bridgehead atoms. The van der Waals surface area contributed by atoms with Crippen LogP contribution in [0.25, 0.3) is 0 Å². The molecule has 6 nitrogen and oxygen atoms in total. The largest absolute Gasteiger partial charge is 0.368 e. The number of rotatable bonds is 3. The van der Waals surface area contributed by atoms with Gasteiger partial charge in [0.25, 0.3) is 5.69 Å². The highest BCUT2D eigenvalue weighted by Gasteiger charge is 2.18. The van der Waals surface area contributed by atoms with Gasteiger partial charge in [-0.05, 0) is 30.7 Å². The number of aryl methyl sites for hydroxylation is 1. The molecule has 1 aromatic carbocycles. The van der Waals surface area contributed by atoms with Crippen molar-refractivity contribution in [2.24, 2.45) is 0 Å². The van der Waals surface area contributed by atoms with E-state index < -0.39 is 0 Å². The molecular formula is C16H18N4O2. The van der Waals surface area contributed by atoms with E-state index >= 15 is 0 Å². The third-order valence-corrected chi connectivity index (χ3v) is 3.93. The Morgan fingerprint density at radius 3 is 2.18 bits per heavy atom. The van der Waals surface area contributed by atoms with E-state index in [0.717, 1.165) is 43.2 Å². The Bertz CT molecular complexity index is 647. The maximum Gasteiger partial charge on any atom is 0.269 e. The number of nitrogens with zero attached hydrogens (tertiary/aromatic N) is 4. The van der Waals surface area contributed by atoms with Crippen LogP contribution in [0.1, 0.15) is 5.56 Å². The van der Waals surface area contributed by atoms with E-state index in [-0.39, 0.29) is 10.6 Å². The SMILES string of the molecule is Cc1ccc(N2CCN(c3ccc([N+](=O)[O-])cc3)CC2)nc1. The number of hydrogen-bond acceptors (Lipinski definition) is 5. The number of non-ortho nitro benzene ring substituents is 1. The second kappa shape index (κ2) is 6.01. The van der Waals surface area contributed by atoms with E-state index in [1.54, 1.807) is 12.1 Å². The molecule has 1 fully saturated rings. The Morgan fingerprint density at radius 2 is 1.64 bits per heavy atom. The van der Waals surface area contributed by atoms with E-state index in [2.05, 4.69) is 26.9 Å². The Kier molecular flexibility index (Phi) is 3.91. The molecule has 0 amide bonds. The van der Waals surface area contributed by atoms with Gasteiger partial charge in [0.1, 0.15) is 5.82 Å². The zero-order valence-electron chi connectivity index (χ0n) is 12.5. The molecule has 0 aliphatic carbocycles. The number of hydrogen-bond donors (Lipinski definition) is 0. The van der Waals surface area contributed by atoms with Crippen LogP contribution in [-0.2, 0) is 0 Å². The summed E-state index contributed by atoms with van der Waals surface area (Å²) in [6.07, 6.45) is 1.89. The van der Waals surface area contributed by atoms with Crippen molar-refractivity contribution in [3.05, 3.63) is 58.3 Å². The lowest BCUT2D eigenvalue weighted by molar-refractivity contribution is -0.384. The Balaban J connectivity index is 1.63. The van der Waals surface area contributed by atoms with Crippen molar-refractivity contribution < 1.29 is 4.92 Å². The molecule has 3 rings (SSSR count). The second-order valence-electron chi connectivity index (χ2n) is 5.44. The summed E-state index contributed by atoms with van der Waals surface area (Å²) in [5, 5.41) is 10.7. The molecule has 22 heavy (non-hydrogen) atoms. The summed E-state index contributed by atoms with van der Waals surface area (Å²) >= 11 is 0. The Morgan fingerprint density at radius 1 is 1.00 bits per heavy atom. The van der Waals surface area contributed by atoms with Gasteiger partial charge < -0.3 is 9.80 Å². The topological polar surface area (TPSA) is 62.5 Å². The molecule has 1 aliphatic rings. The van der Waals surface area contributed by atoms with Crippen LogP contribution in [0.5, 0.6) is 0 Å². The molecule has 6 heteroatoms. The highest BCUT2D eigenvalue weighted by Crippen LogP contribution is 2.22. The fourth-order valence-electron chi connectivity index (χ4n) is 2.63. The zero-order valence-corrected chi connectivity index (χ0v) is 12.5. The summed E-state index contributed by atoms with van der Waals surface area (Å²) in [4.78, 5) is 19.3. The molecule has 1 saturated heterocycles. The van der Waals surface area contributed by atoms with Gasteiger partial charge in [0.2, 0.25) is 0 Å². The first-order valence-electron chi connectivity index (χ1n) is 7.30. The predicted molar refractivity (Wildman–Crippen MR) is 86.5 cm³/mol. The van der Waals surface area contributed by atoms with Crippen LogP contribution in [-0.4, -0.2) is 36.1 Å². The summed E-state index contributed by atoms with van der Waals surface area (Å²) in [6, 6.07) is 10.9. The Labute approximate surface area is 129 Å². The van der Waals surface area contributed by atoms with Crippen molar-refractivity contribution in [1.82, 2.24) is 4.98 Å². The number of pyridine rings is 1. The molecule has 1 aliphatic heterocycles. The number of aromatic nitrogens is 1. The van der Waals surface area contributed by atoms with Gasteiger partial charge in [-0.2, -0.15) is 0 Å². The molecule has 0 saturated carbocycles. The minimum atomic E-state index is -0.370. The van der Waals surface area contributed by atoms with Crippen LogP contribution in [0.4, 0.5) is 17.2 Å². The lowest BCUT2D eigenvalue weighted by Crippen LogP contribution is -2.46. The summed E-state index contributed by atoms with van der Waals surface area (Å²) in [7, 11) is 0. The molecule has 2 heterocycles. The maximum atomic E-state index is 10.7. The van der Waals surface area contributed by atoms with Gasteiger partial charge in [0.15, 0.2) is 0 Å². The van der Waals surface area contributed by atoms with Crippen LogP contribution < -0.4 is 9.80 Å². The van der Waals surface area contributed by atoms with Crippen molar-refractivity contribution in [2.75, 3.05) is 36.0 Å². The smallest absolute Gasteiger partial charge is 0.269 e. The van der Waals surface area contributed by atoms with Crippen molar-refractivity contribution >= 4 is 17.2 Å². The summed E-state index contributed by atoms with van der Waals surface area (Å²) in [6.45, 7) is 5.59. The van der Waals surface area contributed by atoms with Gasteiger partial charge in [-0.3, -0.25) is 10.1 Å². The van der Waals surface area contributed by atoms with E-state index in [4.69, 9.17) is 0 Å². The minimum absolute atomic E-state index is 0.131. The highest BCUT2D eigenvalue weighted by molar-refractivity contribution is 5.52. The van der Waals surface area contributed by atoms with Gasteiger partial charge in [-0.15, -0.1) is 0 Å². The average molecular weight is 298 g/mol. The molecule has 2 aromatic rings. The Hall–Kier alpha value is -2.63. The van der Waals surface area contributed by atoms with Crippen molar-refractivity contribution in [3.8, 4) is 0 Å². The minimum Gasteiger partial charge on any atom is -0.368 e. The number of benzene rings is 1. The standard InChI is InChI=1S/C16H18N4O2/c1-13-2-7-16(17-12-13)19-10-8-18(9-11-19)14-3-5-15(6-4-14)20(21)22/h2-7,12H,8-11H2,1H3. The van der Waals surface area contributed by atoms with Crippen LogP contribution in [0.15, 0.2) is 42.6 Å². The van der Waals surface area contributed by atoms with Gasteiger partial charge >= 0.3 is 0 Å². The van der Waals surface area contributed by atoms with Crippen LogP contribution in [0.2, 0.25) is 0 Å². The van der Waals surface area contributed by atoms with E-state index in [1.807, 2.05) is 25.3 Å². The molecule has 0 N–H and O–H groups in total. The summed E-state index contributed by atoms with van der Waals surface area (Å²) in [5.74, 6) is 1.01. The molecule has 0 atom stereocenters. The second-order valence-corrected chi connectivity index (χ2v) is 5.44. The maximum absolute atomic E-state index is 10.7. The average Bonchev–Trinajstić information content (AvgIpc) is 2.56. The normalized spacial score (nSPS) is 15.0. The van der Waals surface area contributed by atoms with Crippen molar-refractivity contribution in [1.29, 1.82) is 0 Å². The van der Waals surface area contributed by atoms with E-state index in [0.29, 0.717) is 0 Å². The number of nitro groups is 1. The van der Waals surface area contributed by atoms with Crippen LogP contribution >= 0.6 is 0 Å². The first-order valence-corrected chi connectivity index (χ1v) is 7.30. The van der Waals surface area contributed by atoms with E-state index in [1.165, 1.54) is 0 Å². The molecule has 0 radical (unpaired) electrons. The van der Waals surface area contributed by atoms with Crippen molar-refractivity contribution in [2.45, 2.75) is 6.92 Å². The number of piperazine rings is 1. The first kappa shape index (κ1) is 14.3. The fraction of sp³-hybridized carbons (Fsp3) is 0.312. The van der Waals surface area contributed by atoms with Gasteiger partial charge in [0.05, 0.1) is 4.92 Å². The predicted octanol–water partition coefficient (Wildman–Crippen LogP) is 2.62. The zero-order chi connectivity index (χ0) is 15.5. The molecule has 0 unspecified atom stereocenters. The lowest BCUT2D eigenvalue weighted by atomic mass is 10.2. The molecule has 1 aromatic heterocycles. The monoisotopic (exact) mass is 298 g/mol. The molecule has 114 valence electrons. The lowest BCUT2D eigenvalue weighted by Gasteiger charge is -2.36. The number of nitro benzene ring substituents is 1. The van der Waals surface area contributed by atoms with Gasteiger partial charge in [-0.25, -0.2) is 4.98 Å². The van der Waals surface area contributed by atoms with Gasteiger partial charge in [-0.1, -0.05) is 6.07 Å². The highest BCUT2D eigenvalue weighted by atomic mass is 16.6. The molecule has 0 spiro atoms. The van der Waals surface area contributed by atoms with Crippen LogP contribution in [0.3, 0.4) is 0 Å². The van der Waals surface area contributed by atoms with Gasteiger partial charge in [0, 0.05) is 50.2 Å². The van der Waals surface area contributed by atoms with E-state index in [9.17, 15) is 10.1 Å². The first-order chi connectivity index (χ1) is 10.6. The third-order valence-electron chi connectivity index (χ3n) is 3.93. The van der Waals surface area contributed by atoms with Crippen molar-refractivity contribution in [3.63, 3.8) is 0 Å². The quantitative estimate of drug-likeness (QED) is 0.644. The number of anilines is 2. The fourth-order valence-corrected chi connectivity index (χ4v) is 2.63. The van der Waals surface area contributed by atoms with Crippen LogP contribution in [0, 0.1) is 17.0 Å². The summed E-state index contributed by atoms with van der Waals surface area (Å²) < 4.78 is 0. The third kappa shape index (κ3) is 3.00. The molecular weight excluding hydrogens is 280 g/mol.